The molecule has 0 atom stereocenters. The number of piperidine rings is 1. The summed E-state index contributed by atoms with van der Waals surface area (Å²) in [6, 6.07) is 2.06. The van der Waals surface area contributed by atoms with Crippen molar-refractivity contribution in [1.82, 2.24) is 23.8 Å². The van der Waals surface area contributed by atoms with Crippen molar-refractivity contribution in [3.63, 3.8) is 0 Å². The third-order valence-corrected chi connectivity index (χ3v) is 6.04. The molecule has 2 aromatic rings. The van der Waals surface area contributed by atoms with Crippen molar-refractivity contribution in [2.75, 3.05) is 20.2 Å². The number of hydrogen-bond acceptors (Lipinski definition) is 7. The average molecular weight is 381 g/mol. The number of ether oxygens (including phenoxy) is 2. The van der Waals surface area contributed by atoms with E-state index >= 15 is 0 Å². The van der Waals surface area contributed by atoms with Crippen molar-refractivity contribution < 1.29 is 17.9 Å². The highest BCUT2D eigenvalue weighted by atomic mass is 32.2. The molecular formula is C16H23N5O4S. The highest BCUT2D eigenvalue weighted by molar-refractivity contribution is 7.89. The van der Waals surface area contributed by atoms with E-state index in [1.54, 1.807) is 29.4 Å². The molecular weight excluding hydrogens is 358 g/mol. The summed E-state index contributed by atoms with van der Waals surface area (Å²) in [7, 11) is -2.09. The second kappa shape index (κ2) is 7.58. The molecule has 0 aliphatic carbocycles. The first-order chi connectivity index (χ1) is 12.4. The van der Waals surface area contributed by atoms with Crippen LogP contribution in [0.1, 0.15) is 32.7 Å². The minimum Gasteiger partial charge on any atom is -0.474 e. The highest BCUT2D eigenvalue weighted by Crippen LogP contribution is 2.23. The molecule has 0 unspecified atom stereocenters. The van der Waals surface area contributed by atoms with E-state index in [1.165, 1.54) is 11.4 Å². The Hall–Kier alpha value is -2.20. The predicted molar refractivity (Wildman–Crippen MR) is 93.6 cm³/mol. The highest BCUT2D eigenvalue weighted by Gasteiger charge is 2.32. The van der Waals surface area contributed by atoms with Gasteiger partial charge >= 0.3 is 6.01 Å². The second-order valence-electron chi connectivity index (χ2n) is 6.36. The first-order valence-corrected chi connectivity index (χ1v) is 9.91. The standard InChI is InChI=1S/C16H23N5O4S/c1-12(2)20-10-15(18-11-20)26(22,23)21-8-5-13(6-9-21)25-14-4-7-17-16(19-14)24-3/h4,7,10-13H,5-6,8-9H2,1-3H3. The minimum atomic E-state index is -3.58. The van der Waals surface area contributed by atoms with Crippen molar-refractivity contribution in [2.45, 2.75) is 43.9 Å². The molecule has 1 aliphatic rings. The summed E-state index contributed by atoms with van der Waals surface area (Å²) in [5.74, 6) is 0.425. The lowest BCUT2D eigenvalue weighted by molar-refractivity contribution is 0.128. The van der Waals surface area contributed by atoms with Gasteiger partial charge in [0.25, 0.3) is 10.0 Å². The lowest BCUT2D eigenvalue weighted by Crippen LogP contribution is -2.41. The van der Waals surface area contributed by atoms with Gasteiger partial charge in [0.05, 0.1) is 13.4 Å². The molecule has 0 aromatic carbocycles. The summed E-state index contributed by atoms with van der Waals surface area (Å²) >= 11 is 0. The van der Waals surface area contributed by atoms with Crippen LogP contribution < -0.4 is 9.47 Å². The molecule has 10 heteroatoms. The smallest absolute Gasteiger partial charge is 0.319 e. The second-order valence-corrected chi connectivity index (χ2v) is 8.24. The van der Waals surface area contributed by atoms with Crippen molar-refractivity contribution in [3.05, 3.63) is 24.8 Å². The number of methoxy groups -OCH3 is 1. The van der Waals surface area contributed by atoms with Gasteiger partial charge in [-0.1, -0.05) is 0 Å². The fourth-order valence-electron chi connectivity index (χ4n) is 2.72. The average Bonchev–Trinajstić information content (AvgIpc) is 3.14. The molecule has 0 radical (unpaired) electrons. The van der Waals surface area contributed by atoms with Crippen LogP contribution in [0.3, 0.4) is 0 Å². The Bertz CT molecular complexity index is 844. The third kappa shape index (κ3) is 3.96. The van der Waals surface area contributed by atoms with Crippen molar-refractivity contribution in [2.24, 2.45) is 0 Å². The summed E-state index contributed by atoms with van der Waals surface area (Å²) in [4.78, 5) is 12.1. The van der Waals surface area contributed by atoms with Gasteiger partial charge in [0.15, 0.2) is 5.03 Å². The van der Waals surface area contributed by atoms with Gasteiger partial charge in [-0.25, -0.2) is 18.4 Å². The molecule has 142 valence electrons. The maximum absolute atomic E-state index is 12.7. The lowest BCUT2D eigenvalue weighted by atomic mass is 10.1. The van der Waals surface area contributed by atoms with Gasteiger partial charge in [0.1, 0.15) is 6.10 Å². The first kappa shape index (κ1) is 18.6. The van der Waals surface area contributed by atoms with Crippen LogP contribution in [0.2, 0.25) is 0 Å². The molecule has 9 nitrogen and oxygen atoms in total. The van der Waals surface area contributed by atoms with Gasteiger partial charge in [0, 0.05) is 37.6 Å². The Balaban J connectivity index is 1.62. The number of aromatic nitrogens is 4. The van der Waals surface area contributed by atoms with Gasteiger partial charge in [-0.3, -0.25) is 0 Å². The van der Waals surface area contributed by atoms with E-state index in [0.29, 0.717) is 31.8 Å². The van der Waals surface area contributed by atoms with Crippen LogP contribution in [0.25, 0.3) is 0 Å². The van der Waals surface area contributed by atoms with Gasteiger partial charge in [-0.2, -0.15) is 9.29 Å². The Morgan fingerprint density at radius 3 is 2.58 bits per heavy atom. The molecule has 1 aliphatic heterocycles. The Morgan fingerprint density at radius 1 is 1.23 bits per heavy atom. The Labute approximate surface area is 153 Å². The summed E-state index contributed by atoms with van der Waals surface area (Å²) in [6.45, 7) is 4.71. The van der Waals surface area contributed by atoms with E-state index < -0.39 is 10.0 Å². The number of sulfonamides is 1. The van der Waals surface area contributed by atoms with Gasteiger partial charge in [-0.15, -0.1) is 0 Å². The van der Waals surface area contributed by atoms with Crippen LogP contribution in [0.15, 0.2) is 29.8 Å². The number of rotatable bonds is 6. The molecule has 0 spiro atoms. The SMILES string of the molecule is COc1nccc(OC2CCN(S(=O)(=O)c3cn(C(C)C)cn3)CC2)n1. The van der Waals surface area contributed by atoms with Crippen molar-refractivity contribution in [3.8, 4) is 11.9 Å². The van der Waals surface area contributed by atoms with E-state index in [2.05, 4.69) is 15.0 Å². The van der Waals surface area contributed by atoms with Crippen LogP contribution in [0.4, 0.5) is 0 Å². The molecule has 0 bridgehead atoms. The zero-order valence-electron chi connectivity index (χ0n) is 15.1. The fourth-order valence-corrected chi connectivity index (χ4v) is 4.11. The molecule has 1 fully saturated rings. The van der Waals surface area contributed by atoms with Crippen LogP contribution in [-0.2, 0) is 10.0 Å². The largest absolute Gasteiger partial charge is 0.474 e. The van der Waals surface area contributed by atoms with Crippen LogP contribution in [-0.4, -0.2) is 58.5 Å². The molecule has 3 rings (SSSR count). The van der Waals surface area contributed by atoms with Crippen molar-refractivity contribution >= 4 is 10.0 Å². The molecule has 1 saturated heterocycles. The maximum Gasteiger partial charge on any atom is 0.319 e. The molecule has 0 amide bonds. The molecule has 0 N–H and O–H groups in total. The minimum absolute atomic E-state index is 0.0890. The molecule has 26 heavy (non-hydrogen) atoms. The van der Waals surface area contributed by atoms with E-state index in [0.717, 1.165) is 0 Å². The van der Waals surface area contributed by atoms with E-state index in [1.807, 2.05) is 13.8 Å². The third-order valence-electron chi connectivity index (χ3n) is 4.26. The van der Waals surface area contributed by atoms with Gasteiger partial charge in [-0.05, 0) is 26.7 Å². The maximum atomic E-state index is 12.7. The van der Waals surface area contributed by atoms with Crippen LogP contribution in [0.5, 0.6) is 11.9 Å². The van der Waals surface area contributed by atoms with Crippen LogP contribution in [0, 0.1) is 0 Å². The summed E-state index contributed by atoms with van der Waals surface area (Å²) in [6.07, 6.45) is 5.75. The lowest BCUT2D eigenvalue weighted by Gasteiger charge is -2.30. The van der Waals surface area contributed by atoms with Gasteiger partial charge in [0.2, 0.25) is 5.88 Å². The topological polar surface area (TPSA) is 99.4 Å². The summed E-state index contributed by atoms with van der Waals surface area (Å²) < 4.78 is 39.5. The number of hydrogen-bond donors (Lipinski definition) is 0. The Morgan fingerprint density at radius 2 is 1.96 bits per heavy atom. The molecule has 0 saturated carbocycles. The zero-order chi connectivity index (χ0) is 18.7. The van der Waals surface area contributed by atoms with E-state index in [9.17, 15) is 8.42 Å². The Kier molecular flexibility index (Phi) is 5.42. The van der Waals surface area contributed by atoms with E-state index in [4.69, 9.17) is 9.47 Å². The fraction of sp³-hybridized carbons (Fsp3) is 0.562. The quantitative estimate of drug-likeness (QED) is 0.747. The monoisotopic (exact) mass is 381 g/mol. The summed E-state index contributed by atoms with van der Waals surface area (Å²) in [5.41, 5.74) is 0. The molecule has 2 aromatic heterocycles. The molecule has 3 heterocycles. The number of imidazole rings is 1. The predicted octanol–water partition coefficient (Wildman–Crippen LogP) is 1.49. The van der Waals surface area contributed by atoms with Crippen molar-refractivity contribution in [1.29, 1.82) is 0 Å². The van der Waals surface area contributed by atoms with Crippen LogP contribution >= 0.6 is 0 Å². The normalized spacial score (nSPS) is 16.8. The van der Waals surface area contributed by atoms with E-state index in [-0.39, 0.29) is 23.2 Å². The first-order valence-electron chi connectivity index (χ1n) is 8.47. The van der Waals surface area contributed by atoms with Gasteiger partial charge < -0.3 is 14.0 Å². The zero-order valence-corrected chi connectivity index (χ0v) is 15.9. The number of nitrogens with zero attached hydrogens (tertiary/aromatic N) is 5. The summed E-state index contributed by atoms with van der Waals surface area (Å²) in [5, 5.41) is 0.0890.